The van der Waals surface area contributed by atoms with Gasteiger partial charge in [-0.2, -0.15) is 0 Å². The highest BCUT2D eigenvalue weighted by Gasteiger charge is 2.16. The predicted octanol–water partition coefficient (Wildman–Crippen LogP) is 2.64. The first-order valence-corrected chi connectivity index (χ1v) is 7.88. The molecule has 0 heterocycles. The van der Waals surface area contributed by atoms with Crippen molar-refractivity contribution in [3.8, 4) is 5.75 Å². The van der Waals surface area contributed by atoms with Gasteiger partial charge in [0, 0.05) is 5.02 Å². The second kappa shape index (κ2) is 6.34. The van der Waals surface area contributed by atoms with E-state index in [4.69, 9.17) is 21.4 Å². The van der Waals surface area contributed by atoms with E-state index in [0.717, 1.165) is 0 Å². The Morgan fingerprint density at radius 1 is 1.19 bits per heavy atom. The average Bonchev–Trinajstić information content (AvgIpc) is 2.47. The maximum atomic E-state index is 12.3. The molecule has 0 bridgehead atoms. The lowest BCUT2D eigenvalue weighted by Crippen LogP contribution is -2.13. The summed E-state index contributed by atoms with van der Waals surface area (Å²) in [6, 6.07) is 10.6. The molecule has 0 aromatic heterocycles. The van der Waals surface area contributed by atoms with Crippen molar-refractivity contribution in [2.75, 3.05) is 11.8 Å². The van der Waals surface area contributed by atoms with E-state index < -0.39 is 10.0 Å². The standard InChI is InChI=1S/C14H14ClNO4S/c1-20-14-7-4-11(15)8-13(14)16-21(18,19)12-5-2-10(9-17)3-6-12/h2-8,16-17H,9H2,1H3. The van der Waals surface area contributed by atoms with Crippen LogP contribution in [0.1, 0.15) is 5.56 Å². The summed E-state index contributed by atoms with van der Waals surface area (Å²) in [5.74, 6) is 0.370. The summed E-state index contributed by atoms with van der Waals surface area (Å²) >= 11 is 5.87. The van der Waals surface area contributed by atoms with Crippen molar-refractivity contribution in [2.45, 2.75) is 11.5 Å². The molecule has 0 spiro atoms. The number of anilines is 1. The van der Waals surface area contributed by atoms with Crippen molar-refractivity contribution < 1.29 is 18.3 Å². The fourth-order valence-electron chi connectivity index (χ4n) is 1.74. The minimum atomic E-state index is -3.76. The molecule has 2 aromatic carbocycles. The van der Waals surface area contributed by atoms with Gasteiger partial charge >= 0.3 is 0 Å². The Hall–Kier alpha value is -1.76. The molecular weight excluding hydrogens is 314 g/mol. The number of rotatable bonds is 5. The highest BCUT2D eigenvalue weighted by atomic mass is 35.5. The number of aliphatic hydroxyl groups excluding tert-OH is 1. The van der Waals surface area contributed by atoms with Crippen LogP contribution in [-0.2, 0) is 16.6 Å². The second-order valence-corrected chi connectivity index (χ2v) is 6.37. The molecule has 2 rings (SSSR count). The monoisotopic (exact) mass is 327 g/mol. The zero-order chi connectivity index (χ0) is 15.5. The van der Waals surface area contributed by atoms with Crippen LogP contribution in [0.4, 0.5) is 5.69 Å². The molecule has 0 radical (unpaired) electrons. The topological polar surface area (TPSA) is 75.6 Å². The molecule has 0 atom stereocenters. The van der Waals surface area contributed by atoms with E-state index in [1.165, 1.54) is 25.3 Å². The number of nitrogens with one attached hydrogen (secondary N) is 1. The second-order valence-electron chi connectivity index (χ2n) is 4.25. The van der Waals surface area contributed by atoms with Gasteiger partial charge in [0.15, 0.2) is 0 Å². The predicted molar refractivity (Wildman–Crippen MR) is 81.2 cm³/mol. The Balaban J connectivity index is 2.34. The number of sulfonamides is 1. The van der Waals surface area contributed by atoms with Crippen molar-refractivity contribution in [3.05, 3.63) is 53.1 Å². The van der Waals surface area contributed by atoms with Gasteiger partial charge in [0.2, 0.25) is 0 Å². The normalized spacial score (nSPS) is 11.2. The van der Waals surface area contributed by atoms with Crippen LogP contribution in [0.2, 0.25) is 5.02 Å². The number of ether oxygens (including phenoxy) is 1. The molecule has 0 saturated carbocycles. The number of hydrogen-bond donors (Lipinski definition) is 2. The van der Waals surface area contributed by atoms with Crippen molar-refractivity contribution in [1.82, 2.24) is 0 Å². The van der Waals surface area contributed by atoms with E-state index in [-0.39, 0.29) is 17.2 Å². The first kappa shape index (κ1) is 15.6. The Morgan fingerprint density at radius 3 is 2.43 bits per heavy atom. The van der Waals surface area contributed by atoms with Gasteiger partial charge in [-0.1, -0.05) is 23.7 Å². The van der Waals surface area contributed by atoms with Crippen LogP contribution in [0.25, 0.3) is 0 Å². The van der Waals surface area contributed by atoms with E-state index in [9.17, 15) is 8.42 Å². The number of hydrogen-bond acceptors (Lipinski definition) is 4. The third-order valence-corrected chi connectivity index (χ3v) is 4.44. The van der Waals surface area contributed by atoms with Crippen LogP contribution in [0, 0.1) is 0 Å². The van der Waals surface area contributed by atoms with Crippen LogP contribution in [0.15, 0.2) is 47.4 Å². The molecule has 0 aliphatic heterocycles. The summed E-state index contributed by atoms with van der Waals surface area (Å²) in [4.78, 5) is 0.0849. The summed E-state index contributed by atoms with van der Waals surface area (Å²) < 4.78 is 32.1. The van der Waals surface area contributed by atoms with Crippen LogP contribution in [0.3, 0.4) is 0 Å². The summed E-state index contributed by atoms with van der Waals surface area (Å²) in [7, 11) is -2.32. The summed E-state index contributed by atoms with van der Waals surface area (Å²) in [5, 5.41) is 9.36. The molecule has 0 fully saturated rings. The van der Waals surface area contributed by atoms with Crippen LogP contribution in [-0.4, -0.2) is 20.6 Å². The number of methoxy groups -OCH3 is 1. The van der Waals surface area contributed by atoms with E-state index >= 15 is 0 Å². The summed E-state index contributed by atoms with van der Waals surface area (Å²) in [6.45, 7) is -0.143. The lowest BCUT2D eigenvalue weighted by molar-refractivity contribution is 0.282. The van der Waals surface area contributed by atoms with E-state index in [0.29, 0.717) is 16.3 Å². The van der Waals surface area contributed by atoms with Gasteiger partial charge in [0.25, 0.3) is 10.0 Å². The summed E-state index contributed by atoms with van der Waals surface area (Å²) in [5.41, 5.74) is 0.894. The maximum absolute atomic E-state index is 12.3. The maximum Gasteiger partial charge on any atom is 0.262 e. The van der Waals surface area contributed by atoms with Crippen LogP contribution < -0.4 is 9.46 Å². The molecule has 2 N–H and O–H groups in total. The minimum absolute atomic E-state index is 0.0849. The molecule has 5 nitrogen and oxygen atoms in total. The van der Waals surface area contributed by atoms with Crippen molar-refractivity contribution >= 4 is 27.3 Å². The molecule has 0 amide bonds. The largest absolute Gasteiger partial charge is 0.495 e. The van der Waals surface area contributed by atoms with Gasteiger partial charge in [-0.15, -0.1) is 0 Å². The quantitative estimate of drug-likeness (QED) is 0.885. The highest BCUT2D eigenvalue weighted by molar-refractivity contribution is 7.92. The van der Waals surface area contributed by atoms with Gasteiger partial charge in [0.05, 0.1) is 24.3 Å². The van der Waals surface area contributed by atoms with Gasteiger partial charge in [-0.25, -0.2) is 8.42 Å². The molecule has 7 heteroatoms. The lowest BCUT2D eigenvalue weighted by atomic mass is 10.2. The third kappa shape index (κ3) is 3.66. The van der Waals surface area contributed by atoms with Gasteiger partial charge in [-0.3, -0.25) is 4.72 Å². The highest BCUT2D eigenvalue weighted by Crippen LogP contribution is 2.29. The summed E-state index contributed by atoms with van der Waals surface area (Å²) in [6.07, 6.45) is 0. The Bertz CT molecular complexity index is 729. The van der Waals surface area contributed by atoms with E-state index in [1.807, 2.05) is 0 Å². The molecule has 0 aliphatic carbocycles. The first-order valence-electron chi connectivity index (χ1n) is 6.02. The number of halogens is 1. The fourth-order valence-corrected chi connectivity index (χ4v) is 2.97. The SMILES string of the molecule is COc1ccc(Cl)cc1NS(=O)(=O)c1ccc(CO)cc1. The van der Waals surface area contributed by atoms with Gasteiger partial charge < -0.3 is 9.84 Å². The van der Waals surface area contributed by atoms with Crippen molar-refractivity contribution in [2.24, 2.45) is 0 Å². The molecule has 21 heavy (non-hydrogen) atoms. The molecule has 0 saturated heterocycles. The van der Waals surface area contributed by atoms with Crippen LogP contribution >= 0.6 is 11.6 Å². The van der Waals surface area contributed by atoms with Gasteiger partial charge in [0.1, 0.15) is 5.75 Å². The van der Waals surface area contributed by atoms with E-state index in [2.05, 4.69) is 4.72 Å². The Kier molecular flexibility index (Phi) is 4.72. The van der Waals surface area contributed by atoms with Crippen LogP contribution in [0.5, 0.6) is 5.75 Å². The third-order valence-electron chi connectivity index (χ3n) is 2.82. The Labute approximate surface area is 128 Å². The lowest BCUT2D eigenvalue weighted by Gasteiger charge is -2.12. The zero-order valence-electron chi connectivity index (χ0n) is 11.2. The number of aliphatic hydroxyl groups is 1. The smallest absolute Gasteiger partial charge is 0.262 e. The molecule has 0 aliphatic rings. The minimum Gasteiger partial charge on any atom is -0.495 e. The van der Waals surface area contributed by atoms with Crippen molar-refractivity contribution in [3.63, 3.8) is 0 Å². The zero-order valence-corrected chi connectivity index (χ0v) is 12.8. The molecule has 2 aromatic rings. The first-order chi connectivity index (χ1) is 9.96. The van der Waals surface area contributed by atoms with Crippen molar-refractivity contribution in [1.29, 1.82) is 0 Å². The van der Waals surface area contributed by atoms with Gasteiger partial charge in [-0.05, 0) is 35.9 Å². The fraction of sp³-hybridized carbons (Fsp3) is 0.143. The number of benzene rings is 2. The average molecular weight is 328 g/mol. The van der Waals surface area contributed by atoms with E-state index in [1.54, 1.807) is 24.3 Å². The Morgan fingerprint density at radius 2 is 1.86 bits per heavy atom. The molecule has 0 unspecified atom stereocenters. The molecule has 112 valence electrons. The molecular formula is C14H14ClNO4S.